The van der Waals surface area contributed by atoms with E-state index in [4.69, 9.17) is 19.3 Å². The Kier molecular flexibility index (Phi) is 10.1. The molecular weight excluding hydrogens is 647 g/mol. The molecule has 1 aliphatic rings. The van der Waals surface area contributed by atoms with E-state index in [1.165, 1.54) is 18.5 Å². The van der Waals surface area contributed by atoms with Crippen LogP contribution in [0.4, 0.5) is 16.3 Å². The number of fused-ring (bicyclic) bond motifs is 1. The number of benzene rings is 2. The van der Waals surface area contributed by atoms with E-state index in [-0.39, 0.29) is 35.4 Å². The van der Waals surface area contributed by atoms with Crippen molar-refractivity contribution in [3.05, 3.63) is 82.8 Å². The minimum atomic E-state index is -4.77. The van der Waals surface area contributed by atoms with Crippen molar-refractivity contribution in [1.82, 2.24) is 24.8 Å². The molecule has 1 fully saturated rings. The van der Waals surface area contributed by atoms with Crippen LogP contribution in [-0.2, 0) is 14.0 Å². The van der Waals surface area contributed by atoms with Gasteiger partial charge in [-0.1, -0.05) is 13.0 Å². The Morgan fingerprint density at radius 1 is 1.04 bits per heavy atom. The normalized spacial score (nSPS) is 12.7. The number of rotatable bonds is 12. The molecule has 1 saturated carbocycles. The molecule has 252 valence electrons. The molecule has 48 heavy (non-hydrogen) atoms. The van der Waals surface area contributed by atoms with Crippen LogP contribution in [0.15, 0.2) is 55.0 Å². The number of imide groups is 1. The third-order valence-electron chi connectivity index (χ3n) is 7.32. The standard InChI is InChI=1S/C31H33N6O10P/c1-4-13-36(31(41)46-17-45-30(40)20-7-11-23(12-8-20)47-48(42,43)44)29(39)21-6-5-18(2)25(14-21)35-27-26-19(3)24(15-37(26)33-16-32-27)28(38)34-22-9-10-22/h5-8,11-12,14-16,22H,4,9-10,13,17H2,1-3H3,(H,34,38)(H,32,33,35)(H2,42,43,44). The second kappa shape index (κ2) is 14.2. The van der Waals surface area contributed by atoms with Gasteiger partial charge in [0.15, 0.2) is 5.82 Å². The lowest BCUT2D eigenvalue weighted by atomic mass is 10.1. The maximum Gasteiger partial charge on any atom is 0.524 e. The molecule has 17 heteroatoms. The number of hydrogen-bond acceptors (Lipinski definition) is 11. The molecule has 0 atom stereocenters. The summed E-state index contributed by atoms with van der Waals surface area (Å²) < 4.78 is 27.0. The number of hydrogen-bond donors (Lipinski definition) is 4. The van der Waals surface area contributed by atoms with E-state index in [1.807, 2.05) is 13.8 Å². The Balaban J connectivity index is 1.26. The van der Waals surface area contributed by atoms with Gasteiger partial charge in [-0.3, -0.25) is 19.4 Å². The first kappa shape index (κ1) is 34.0. The van der Waals surface area contributed by atoms with E-state index in [9.17, 15) is 23.7 Å². The highest BCUT2D eigenvalue weighted by molar-refractivity contribution is 7.46. The fraction of sp³-hybridized carbons (Fsp3) is 0.290. The molecule has 16 nitrogen and oxygen atoms in total. The van der Waals surface area contributed by atoms with Gasteiger partial charge < -0.3 is 24.6 Å². The van der Waals surface area contributed by atoms with Crippen molar-refractivity contribution in [2.24, 2.45) is 0 Å². The number of carbonyl (C=O) groups excluding carboxylic acids is 4. The number of ether oxygens (including phenoxy) is 2. The molecule has 4 N–H and O–H groups in total. The zero-order valence-electron chi connectivity index (χ0n) is 26.2. The lowest BCUT2D eigenvalue weighted by molar-refractivity contribution is -0.0105. The topological polar surface area (TPSA) is 211 Å². The van der Waals surface area contributed by atoms with Crippen molar-refractivity contribution in [2.45, 2.75) is 46.1 Å². The first-order valence-corrected chi connectivity index (χ1v) is 16.4. The maximum absolute atomic E-state index is 13.5. The van der Waals surface area contributed by atoms with Crippen molar-refractivity contribution in [1.29, 1.82) is 0 Å². The summed E-state index contributed by atoms with van der Waals surface area (Å²) in [6.07, 6.45) is 4.30. The van der Waals surface area contributed by atoms with Crippen LogP contribution in [0, 0.1) is 13.8 Å². The molecule has 3 amide bonds. The molecule has 0 bridgehead atoms. The van der Waals surface area contributed by atoms with Crippen molar-refractivity contribution >= 4 is 48.7 Å². The predicted molar refractivity (Wildman–Crippen MR) is 170 cm³/mol. The van der Waals surface area contributed by atoms with Gasteiger partial charge in [-0.15, -0.1) is 0 Å². The summed E-state index contributed by atoms with van der Waals surface area (Å²) in [6.45, 7) is 4.64. The first-order valence-electron chi connectivity index (χ1n) is 14.9. The van der Waals surface area contributed by atoms with E-state index in [1.54, 1.807) is 35.8 Å². The zero-order chi connectivity index (χ0) is 34.6. The third kappa shape index (κ3) is 8.15. The summed E-state index contributed by atoms with van der Waals surface area (Å²) in [7, 11) is -4.77. The fourth-order valence-electron chi connectivity index (χ4n) is 4.73. The molecule has 0 unspecified atom stereocenters. The second-order valence-corrected chi connectivity index (χ2v) is 12.2. The van der Waals surface area contributed by atoms with Crippen molar-refractivity contribution in [3.8, 4) is 5.75 Å². The van der Waals surface area contributed by atoms with Crippen LogP contribution in [0.25, 0.3) is 5.52 Å². The van der Waals surface area contributed by atoms with Gasteiger partial charge in [0.05, 0.1) is 11.1 Å². The SMILES string of the molecule is CCCN(C(=O)OCOC(=O)c1ccc(OP(=O)(O)O)cc1)C(=O)c1ccc(C)c(Nc2ncnn3cc(C(=O)NC4CC4)c(C)c23)c1. The van der Waals surface area contributed by atoms with Gasteiger partial charge in [0.25, 0.3) is 11.8 Å². The van der Waals surface area contributed by atoms with Crippen LogP contribution in [0.3, 0.4) is 0 Å². The highest BCUT2D eigenvalue weighted by Gasteiger charge is 2.27. The van der Waals surface area contributed by atoms with Gasteiger partial charge in [0, 0.05) is 30.0 Å². The van der Waals surface area contributed by atoms with Crippen LogP contribution in [0.2, 0.25) is 0 Å². The number of phosphoric ester groups is 1. The third-order valence-corrected chi connectivity index (χ3v) is 7.77. The minimum absolute atomic E-state index is 0.000612. The molecule has 0 radical (unpaired) electrons. The average molecular weight is 681 g/mol. The molecular formula is C31H33N6O10P. The number of aromatic nitrogens is 3. The highest BCUT2D eigenvalue weighted by Crippen LogP contribution is 2.37. The summed E-state index contributed by atoms with van der Waals surface area (Å²) in [4.78, 5) is 74.6. The van der Waals surface area contributed by atoms with Crippen LogP contribution in [0.5, 0.6) is 5.75 Å². The largest absolute Gasteiger partial charge is 0.524 e. The lowest BCUT2D eigenvalue weighted by Gasteiger charge is -2.20. The van der Waals surface area contributed by atoms with Crippen LogP contribution in [-0.4, -0.2) is 72.5 Å². The van der Waals surface area contributed by atoms with E-state index in [0.29, 0.717) is 34.6 Å². The Bertz CT molecular complexity index is 1920. The molecule has 5 rings (SSSR count). The maximum atomic E-state index is 13.5. The van der Waals surface area contributed by atoms with E-state index < -0.39 is 32.6 Å². The number of carbonyl (C=O) groups is 4. The van der Waals surface area contributed by atoms with E-state index in [2.05, 4.69) is 25.2 Å². The number of esters is 1. The quantitative estimate of drug-likeness (QED) is 0.0937. The van der Waals surface area contributed by atoms with Crippen LogP contribution >= 0.6 is 7.82 Å². The van der Waals surface area contributed by atoms with E-state index in [0.717, 1.165) is 35.4 Å². The first-order chi connectivity index (χ1) is 22.8. The van der Waals surface area contributed by atoms with Crippen LogP contribution in [0.1, 0.15) is 68.4 Å². The number of aryl methyl sites for hydroxylation is 2. The van der Waals surface area contributed by atoms with Gasteiger partial charge >= 0.3 is 19.9 Å². The Morgan fingerprint density at radius 3 is 2.42 bits per heavy atom. The molecule has 0 saturated heterocycles. The number of nitrogens with zero attached hydrogens (tertiary/aromatic N) is 4. The van der Waals surface area contributed by atoms with Crippen molar-refractivity contribution < 1.29 is 47.5 Å². The smallest absolute Gasteiger partial charge is 0.424 e. The van der Waals surface area contributed by atoms with E-state index >= 15 is 0 Å². The predicted octanol–water partition coefficient (Wildman–Crippen LogP) is 4.26. The summed E-state index contributed by atoms with van der Waals surface area (Å²) in [5, 5.41) is 10.5. The average Bonchev–Trinajstić information content (AvgIpc) is 3.79. The Hall–Kier alpha value is -5.31. The lowest BCUT2D eigenvalue weighted by Crippen LogP contribution is -2.38. The van der Waals surface area contributed by atoms with Crippen molar-refractivity contribution in [2.75, 3.05) is 18.7 Å². The fourth-order valence-corrected chi connectivity index (χ4v) is 5.12. The van der Waals surface area contributed by atoms with Gasteiger partial charge in [0.1, 0.15) is 17.6 Å². The number of phosphoric acid groups is 1. The zero-order valence-corrected chi connectivity index (χ0v) is 27.1. The molecule has 2 aromatic carbocycles. The summed E-state index contributed by atoms with van der Waals surface area (Å²) in [5.74, 6) is -1.47. The van der Waals surface area contributed by atoms with Crippen LogP contribution < -0.4 is 15.2 Å². The molecule has 2 heterocycles. The minimum Gasteiger partial charge on any atom is -0.424 e. The van der Waals surface area contributed by atoms with Gasteiger partial charge in [-0.25, -0.2) is 28.6 Å². The number of anilines is 2. The summed E-state index contributed by atoms with van der Waals surface area (Å²) in [5.41, 5.74) is 3.23. The summed E-state index contributed by atoms with van der Waals surface area (Å²) >= 11 is 0. The summed E-state index contributed by atoms with van der Waals surface area (Å²) in [6, 6.07) is 9.78. The van der Waals surface area contributed by atoms with Gasteiger partial charge in [0.2, 0.25) is 6.79 Å². The molecule has 1 aliphatic carbocycles. The molecule has 0 aliphatic heterocycles. The second-order valence-electron chi connectivity index (χ2n) is 11.0. The number of amides is 3. The highest BCUT2D eigenvalue weighted by atomic mass is 31.2. The molecule has 2 aromatic heterocycles. The Labute approximate surface area is 274 Å². The Morgan fingerprint density at radius 2 is 1.75 bits per heavy atom. The number of nitrogens with one attached hydrogen (secondary N) is 2. The monoisotopic (exact) mass is 680 g/mol. The molecule has 4 aromatic rings. The van der Waals surface area contributed by atoms with Crippen molar-refractivity contribution in [3.63, 3.8) is 0 Å². The molecule has 0 spiro atoms. The van der Waals surface area contributed by atoms with Gasteiger partial charge in [-0.05, 0) is 80.6 Å². The van der Waals surface area contributed by atoms with Gasteiger partial charge in [-0.2, -0.15) is 5.10 Å².